The molecule has 66 valence electrons. The second-order valence-corrected chi connectivity index (χ2v) is 3.73. The van der Waals surface area contributed by atoms with Crippen LogP contribution in [0.3, 0.4) is 0 Å². The third kappa shape index (κ3) is 5.56. The summed E-state index contributed by atoms with van der Waals surface area (Å²) in [5.41, 5.74) is 0. The lowest BCUT2D eigenvalue weighted by Gasteiger charge is -2.14. The molecule has 0 rings (SSSR count). The minimum atomic E-state index is 0.0749. The molecule has 2 nitrogen and oxygen atoms in total. The summed E-state index contributed by atoms with van der Waals surface area (Å²) in [5, 5.41) is 3.31. The van der Waals surface area contributed by atoms with Crippen molar-refractivity contribution in [2.75, 3.05) is 17.3 Å². The van der Waals surface area contributed by atoms with Crippen molar-refractivity contribution in [2.45, 2.75) is 19.4 Å². The van der Waals surface area contributed by atoms with Crippen molar-refractivity contribution >= 4 is 33.6 Å². The highest BCUT2D eigenvalue weighted by Gasteiger charge is 2.07. The van der Waals surface area contributed by atoms with Crippen LogP contribution in [0.25, 0.3) is 0 Å². The Kier molecular flexibility index (Phi) is 7.17. The highest BCUT2D eigenvalue weighted by Crippen LogP contribution is 2.00. The van der Waals surface area contributed by atoms with E-state index in [9.17, 15) is 4.79 Å². The lowest BCUT2D eigenvalue weighted by atomic mass is 10.2. The molecule has 0 radical (unpaired) electrons. The quantitative estimate of drug-likeness (QED) is 0.740. The summed E-state index contributed by atoms with van der Waals surface area (Å²) in [7, 11) is 0. The lowest BCUT2D eigenvalue weighted by molar-refractivity contribution is -0.119. The molecule has 1 atom stereocenters. The molecule has 4 heteroatoms. The Morgan fingerprint density at radius 2 is 2.36 bits per heavy atom. The van der Waals surface area contributed by atoms with Gasteiger partial charge in [-0.2, -0.15) is 11.8 Å². The minimum absolute atomic E-state index is 0.0749. The zero-order chi connectivity index (χ0) is 8.69. The van der Waals surface area contributed by atoms with Gasteiger partial charge in [-0.05, 0) is 12.7 Å². The first kappa shape index (κ1) is 11.3. The monoisotopic (exact) mass is 239 g/mol. The van der Waals surface area contributed by atoms with Crippen LogP contribution >= 0.6 is 27.7 Å². The van der Waals surface area contributed by atoms with Crippen LogP contribution < -0.4 is 5.32 Å². The average Bonchev–Trinajstić information content (AvgIpc) is 2.03. The van der Waals surface area contributed by atoms with E-state index in [2.05, 4.69) is 28.2 Å². The molecular weight excluding hydrogens is 226 g/mol. The zero-order valence-corrected chi connectivity index (χ0v) is 9.30. The minimum Gasteiger partial charge on any atom is -0.352 e. The number of nitrogens with one attached hydrogen (secondary N) is 1. The molecule has 0 heterocycles. The number of alkyl halides is 1. The topological polar surface area (TPSA) is 29.1 Å². The first-order chi connectivity index (χ1) is 5.24. The van der Waals surface area contributed by atoms with Crippen LogP contribution in [0.5, 0.6) is 0 Å². The molecule has 0 aromatic rings. The molecule has 1 amide bonds. The van der Waals surface area contributed by atoms with Gasteiger partial charge >= 0.3 is 0 Å². The van der Waals surface area contributed by atoms with Gasteiger partial charge in [-0.25, -0.2) is 0 Å². The first-order valence-electron chi connectivity index (χ1n) is 3.58. The Hall–Kier alpha value is 0.300. The van der Waals surface area contributed by atoms with Crippen molar-refractivity contribution in [3.63, 3.8) is 0 Å². The van der Waals surface area contributed by atoms with E-state index in [0.717, 1.165) is 12.2 Å². The van der Waals surface area contributed by atoms with Gasteiger partial charge < -0.3 is 5.32 Å². The van der Waals surface area contributed by atoms with Crippen LogP contribution in [0.2, 0.25) is 0 Å². The van der Waals surface area contributed by atoms with Gasteiger partial charge in [-0.1, -0.05) is 22.9 Å². The highest BCUT2D eigenvalue weighted by atomic mass is 79.9. The normalized spacial score (nSPS) is 12.6. The van der Waals surface area contributed by atoms with Gasteiger partial charge in [0.1, 0.15) is 0 Å². The van der Waals surface area contributed by atoms with E-state index in [-0.39, 0.29) is 5.91 Å². The molecule has 1 unspecified atom stereocenters. The molecule has 0 saturated carbocycles. The van der Waals surface area contributed by atoms with Gasteiger partial charge in [0.05, 0.1) is 5.33 Å². The third-order valence-corrected chi connectivity index (χ3v) is 2.59. The van der Waals surface area contributed by atoms with Gasteiger partial charge in [0.25, 0.3) is 0 Å². The number of thioether (sulfide) groups is 1. The fourth-order valence-electron chi connectivity index (χ4n) is 0.729. The number of rotatable bonds is 5. The van der Waals surface area contributed by atoms with Crippen molar-refractivity contribution in [1.82, 2.24) is 5.32 Å². The summed E-state index contributed by atoms with van der Waals surface area (Å²) in [5.74, 6) is 1.07. The van der Waals surface area contributed by atoms with Crippen molar-refractivity contribution in [3.8, 4) is 0 Å². The van der Waals surface area contributed by atoms with Crippen LogP contribution in [0, 0.1) is 0 Å². The maximum absolute atomic E-state index is 10.9. The molecule has 0 aromatic carbocycles. The Bertz CT molecular complexity index is 121. The standard InChI is InChI=1S/C7H14BrNOS/c1-3-6(5-11-2)9-7(10)4-8/h6H,3-5H2,1-2H3,(H,9,10). The number of carbonyl (C=O) groups excluding carboxylic acids is 1. The molecule has 0 aromatic heterocycles. The van der Waals surface area contributed by atoms with Gasteiger partial charge in [0, 0.05) is 11.8 Å². The van der Waals surface area contributed by atoms with Gasteiger partial charge in [-0.15, -0.1) is 0 Å². The van der Waals surface area contributed by atoms with Crippen LogP contribution in [-0.4, -0.2) is 29.3 Å². The molecule has 11 heavy (non-hydrogen) atoms. The van der Waals surface area contributed by atoms with Crippen LogP contribution in [0.4, 0.5) is 0 Å². The number of hydrogen-bond acceptors (Lipinski definition) is 2. The maximum Gasteiger partial charge on any atom is 0.230 e. The smallest absolute Gasteiger partial charge is 0.230 e. The maximum atomic E-state index is 10.9. The number of halogens is 1. The third-order valence-electron chi connectivity index (χ3n) is 1.35. The molecule has 0 fully saturated rings. The molecule has 1 N–H and O–H groups in total. The summed E-state index contributed by atoms with van der Waals surface area (Å²) >= 11 is 4.86. The number of carbonyl (C=O) groups is 1. The first-order valence-corrected chi connectivity index (χ1v) is 6.10. The van der Waals surface area contributed by atoms with E-state index < -0.39 is 0 Å². The van der Waals surface area contributed by atoms with Crippen LogP contribution in [-0.2, 0) is 4.79 Å². The fraction of sp³-hybridized carbons (Fsp3) is 0.857. The van der Waals surface area contributed by atoms with E-state index in [4.69, 9.17) is 0 Å². The molecule has 0 aliphatic carbocycles. The summed E-state index contributed by atoms with van der Waals surface area (Å²) in [6.45, 7) is 2.08. The summed E-state index contributed by atoms with van der Waals surface area (Å²) < 4.78 is 0. The molecule has 0 aliphatic heterocycles. The SMILES string of the molecule is CCC(CSC)NC(=O)CBr. The van der Waals surface area contributed by atoms with E-state index in [1.165, 1.54) is 0 Å². The van der Waals surface area contributed by atoms with E-state index in [0.29, 0.717) is 11.4 Å². The molecule has 0 aliphatic rings. The summed E-state index contributed by atoms with van der Waals surface area (Å²) in [6, 6.07) is 0.329. The van der Waals surface area contributed by atoms with Gasteiger partial charge in [-0.3, -0.25) is 4.79 Å². The highest BCUT2D eigenvalue weighted by molar-refractivity contribution is 9.09. The number of hydrogen-bond donors (Lipinski definition) is 1. The Morgan fingerprint density at radius 3 is 2.73 bits per heavy atom. The van der Waals surface area contributed by atoms with Crippen LogP contribution in [0.1, 0.15) is 13.3 Å². The molecule has 0 bridgehead atoms. The second-order valence-electron chi connectivity index (χ2n) is 2.26. The molecule has 0 spiro atoms. The second kappa shape index (κ2) is 6.98. The Morgan fingerprint density at radius 1 is 1.73 bits per heavy atom. The predicted molar refractivity (Wildman–Crippen MR) is 54.4 cm³/mol. The van der Waals surface area contributed by atoms with Crippen LogP contribution in [0.15, 0.2) is 0 Å². The largest absolute Gasteiger partial charge is 0.352 e. The van der Waals surface area contributed by atoms with Gasteiger partial charge in [0.15, 0.2) is 0 Å². The van der Waals surface area contributed by atoms with Gasteiger partial charge in [0.2, 0.25) is 5.91 Å². The van der Waals surface area contributed by atoms with Crippen molar-refractivity contribution < 1.29 is 4.79 Å². The average molecular weight is 240 g/mol. The van der Waals surface area contributed by atoms with E-state index >= 15 is 0 Å². The lowest BCUT2D eigenvalue weighted by Crippen LogP contribution is -2.36. The fourth-order valence-corrected chi connectivity index (χ4v) is 1.61. The van der Waals surface area contributed by atoms with Crippen molar-refractivity contribution in [2.24, 2.45) is 0 Å². The Balaban J connectivity index is 3.58. The molecular formula is C7H14BrNOS. The summed E-state index contributed by atoms with van der Waals surface area (Å²) in [4.78, 5) is 10.9. The zero-order valence-electron chi connectivity index (χ0n) is 6.89. The van der Waals surface area contributed by atoms with Crippen molar-refractivity contribution in [1.29, 1.82) is 0 Å². The summed E-state index contributed by atoms with van der Waals surface area (Å²) in [6.07, 6.45) is 3.04. The van der Waals surface area contributed by atoms with E-state index in [1.54, 1.807) is 11.8 Å². The van der Waals surface area contributed by atoms with Crippen molar-refractivity contribution in [3.05, 3.63) is 0 Å². The predicted octanol–water partition coefficient (Wildman–Crippen LogP) is 1.64. The van der Waals surface area contributed by atoms with E-state index in [1.807, 2.05) is 6.26 Å². The molecule has 0 saturated heterocycles. The Labute approximate surface area is 80.6 Å². The number of amides is 1.